The molecule has 28 heavy (non-hydrogen) atoms. The van der Waals surface area contributed by atoms with Gasteiger partial charge >= 0.3 is 6.03 Å². The van der Waals surface area contributed by atoms with E-state index in [9.17, 15) is 9.59 Å². The van der Waals surface area contributed by atoms with E-state index in [0.29, 0.717) is 24.5 Å². The average Bonchev–Trinajstić information content (AvgIpc) is 2.67. The minimum Gasteiger partial charge on any atom is -0.481 e. The van der Waals surface area contributed by atoms with Gasteiger partial charge in [-0.15, -0.1) is 0 Å². The molecular formula is C21H28N4O3. The molecule has 2 rings (SSSR count). The number of hydrogen-bond acceptors (Lipinski definition) is 4. The van der Waals surface area contributed by atoms with Crippen LogP contribution in [-0.4, -0.2) is 30.1 Å². The molecule has 7 heteroatoms. The number of carbonyl (C=O) groups excluding carboxylic acids is 2. The Morgan fingerprint density at radius 1 is 1.11 bits per heavy atom. The first-order valence-electron chi connectivity index (χ1n) is 9.28. The van der Waals surface area contributed by atoms with Crippen LogP contribution in [0.15, 0.2) is 42.6 Å². The van der Waals surface area contributed by atoms with Gasteiger partial charge in [0.05, 0.1) is 19.0 Å². The fraction of sp³-hybridized carbons (Fsp3) is 0.381. The summed E-state index contributed by atoms with van der Waals surface area (Å²) in [5.41, 5.74) is 2.70. The number of hydrogen-bond donors (Lipinski definition) is 3. The molecule has 2 aromatic rings. The highest BCUT2D eigenvalue weighted by Crippen LogP contribution is 2.13. The molecule has 0 aliphatic rings. The van der Waals surface area contributed by atoms with Gasteiger partial charge in [0.15, 0.2) is 0 Å². The zero-order valence-electron chi connectivity index (χ0n) is 16.8. The first-order chi connectivity index (χ1) is 13.4. The van der Waals surface area contributed by atoms with E-state index in [1.807, 2.05) is 45.0 Å². The monoisotopic (exact) mass is 384 g/mol. The third-order valence-corrected chi connectivity index (χ3v) is 4.12. The smallest absolute Gasteiger partial charge is 0.315 e. The molecule has 1 heterocycles. The Morgan fingerprint density at radius 3 is 2.39 bits per heavy atom. The number of benzene rings is 1. The molecule has 0 spiro atoms. The van der Waals surface area contributed by atoms with Crippen molar-refractivity contribution in [3.63, 3.8) is 0 Å². The number of urea groups is 1. The van der Waals surface area contributed by atoms with Crippen LogP contribution < -0.4 is 20.7 Å². The first kappa shape index (κ1) is 21.2. The van der Waals surface area contributed by atoms with Crippen LogP contribution in [0.1, 0.15) is 31.4 Å². The van der Waals surface area contributed by atoms with Gasteiger partial charge in [-0.2, -0.15) is 0 Å². The third kappa shape index (κ3) is 6.90. The number of ether oxygens (including phenoxy) is 1. The van der Waals surface area contributed by atoms with Crippen LogP contribution in [-0.2, 0) is 11.3 Å². The van der Waals surface area contributed by atoms with Crippen molar-refractivity contribution >= 4 is 17.6 Å². The lowest BCUT2D eigenvalue weighted by molar-refractivity contribution is -0.118. The fourth-order valence-electron chi connectivity index (χ4n) is 2.60. The van der Waals surface area contributed by atoms with Crippen molar-refractivity contribution in [3.8, 4) is 5.88 Å². The zero-order chi connectivity index (χ0) is 20.5. The van der Waals surface area contributed by atoms with Gasteiger partial charge < -0.3 is 20.7 Å². The molecule has 0 radical (unpaired) electrons. The second-order valence-corrected chi connectivity index (χ2v) is 7.07. The van der Waals surface area contributed by atoms with Crippen LogP contribution in [0.4, 0.5) is 10.5 Å². The lowest BCUT2D eigenvalue weighted by Gasteiger charge is -2.20. The number of nitrogens with one attached hydrogen (secondary N) is 3. The summed E-state index contributed by atoms with van der Waals surface area (Å²) in [6, 6.07) is 10.2. The standard InChI is InChI=1S/C21H28N4O3/c1-14(2)11-18(20(26)24-17-9-10-19(28-4)22-13-17)25-21(27)23-12-16-7-5-15(3)6-8-16/h5-10,13-14,18H,11-12H2,1-4H3,(H,24,26)(H2,23,25,27). The highest BCUT2D eigenvalue weighted by atomic mass is 16.5. The van der Waals surface area contributed by atoms with Crippen molar-refractivity contribution in [2.75, 3.05) is 12.4 Å². The van der Waals surface area contributed by atoms with Crippen molar-refractivity contribution < 1.29 is 14.3 Å². The van der Waals surface area contributed by atoms with Crippen molar-refractivity contribution in [1.82, 2.24) is 15.6 Å². The fourth-order valence-corrected chi connectivity index (χ4v) is 2.60. The van der Waals surface area contributed by atoms with E-state index in [2.05, 4.69) is 20.9 Å². The van der Waals surface area contributed by atoms with Gasteiger partial charge in [-0.25, -0.2) is 9.78 Å². The first-order valence-corrected chi connectivity index (χ1v) is 9.28. The van der Waals surface area contributed by atoms with Crippen LogP contribution in [0, 0.1) is 12.8 Å². The van der Waals surface area contributed by atoms with E-state index in [0.717, 1.165) is 11.1 Å². The Morgan fingerprint density at radius 2 is 1.82 bits per heavy atom. The maximum atomic E-state index is 12.6. The molecular weight excluding hydrogens is 356 g/mol. The van der Waals surface area contributed by atoms with Crippen molar-refractivity contribution in [1.29, 1.82) is 0 Å². The minimum absolute atomic E-state index is 0.238. The maximum Gasteiger partial charge on any atom is 0.315 e. The molecule has 1 aromatic carbocycles. The zero-order valence-corrected chi connectivity index (χ0v) is 16.8. The van der Waals surface area contributed by atoms with Gasteiger partial charge in [-0.3, -0.25) is 4.79 Å². The molecule has 1 unspecified atom stereocenters. The van der Waals surface area contributed by atoms with E-state index in [4.69, 9.17) is 4.74 Å². The van der Waals surface area contributed by atoms with Gasteiger partial charge in [0.2, 0.25) is 11.8 Å². The van der Waals surface area contributed by atoms with E-state index >= 15 is 0 Å². The van der Waals surface area contributed by atoms with E-state index in [1.165, 1.54) is 13.3 Å². The summed E-state index contributed by atoms with van der Waals surface area (Å²) in [5, 5.41) is 8.35. The normalized spacial score (nSPS) is 11.6. The SMILES string of the molecule is COc1ccc(NC(=O)C(CC(C)C)NC(=O)NCc2ccc(C)cc2)cn1. The predicted octanol–water partition coefficient (Wildman–Crippen LogP) is 3.25. The molecule has 0 fully saturated rings. The second-order valence-electron chi connectivity index (χ2n) is 7.07. The highest BCUT2D eigenvalue weighted by molar-refractivity contribution is 5.96. The number of amides is 3. The van der Waals surface area contributed by atoms with Crippen LogP contribution in [0.2, 0.25) is 0 Å². The molecule has 1 aromatic heterocycles. The maximum absolute atomic E-state index is 12.6. The number of aromatic nitrogens is 1. The summed E-state index contributed by atoms with van der Waals surface area (Å²) in [6.45, 7) is 6.41. The van der Waals surface area contributed by atoms with Crippen LogP contribution in [0.25, 0.3) is 0 Å². The van der Waals surface area contributed by atoms with Crippen molar-refractivity contribution in [2.45, 2.75) is 39.8 Å². The predicted molar refractivity (Wildman–Crippen MR) is 109 cm³/mol. The number of aryl methyl sites for hydroxylation is 1. The van der Waals surface area contributed by atoms with Gasteiger partial charge in [-0.1, -0.05) is 43.7 Å². The average molecular weight is 384 g/mol. The summed E-state index contributed by atoms with van der Waals surface area (Å²) in [4.78, 5) is 29.0. The lowest BCUT2D eigenvalue weighted by Crippen LogP contribution is -2.48. The quantitative estimate of drug-likeness (QED) is 0.651. The summed E-state index contributed by atoms with van der Waals surface area (Å²) >= 11 is 0. The highest BCUT2D eigenvalue weighted by Gasteiger charge is 2.22. The number of rotatable bonds is 8. The van der Waals surface area contributed by atoms with Crippen LogP contribution in [0.3, 0.4) is 0 Å². The third-order valence-electron chi connectivity index (χ3n) is 4.12. The Bertz CT molecular complexity index is 773. The topological polar surface area (TPSA) is 92.4 Å². The molecule has 7 nitrogen and oxygen atoms in total. The molecule has 3 N–H and O–H groups in total. The molecule has 1 atom stereocenters. The van der Waals surface area contributed by atoms with Gasteiger partial charge in [-0.05, 0) is 30.9 Å². The van der Waals surface area contributed by atoms with E-state index in [1.54, 1.807) is 12.1 Å². The summed E-state index contributed by atoms with van der Waals surface area (Å²) in [6.07, 6.45) is 2.04. The van der Waals surface area contributed by atoms with Crippen LogP contribution >= 0.6 is 0 Å². The Balaban J connectivity index is 1.93. The molecule has 3 amide bonds. The van der Waals surface area contributed by atoms with E-state index in [-0.39, 0.29) is 17.9 Å². The molecule has 0 saturated carbocycles. The number of pyridine rings is 1. The molecule has 150 valence electrons. The molecule has 0 aliphatic carbocycles. The number of nitrogens with zero attached hydrogens (tertiary/aromatic N) is 1. The number of anilines is 1. The lowest BCUT2D eigenvalue weighted by atomic mass is 10.0. The van der Waals surface area contributed by atoms with E-state index < -0.39 is 6.04 Å². The molecule has 0 aliphatic heterocycles. The van der Waals surface area contributed by atoms with Crippen molar-refractivity contribution in [2.24, 2.45) is 5.92 Å². The number of methoxy groups -OCH3 is 1. The minimum atomic E-state index is -0.653. The molecule has 0 bridgehead atoms. The summed E-state index contributed by atoms with van der Waals surface area (Å²) in [5.74, 6) is 0.415. The Kier molecular flexibility index (Phi) is 7.80. The Labute approximate surface area is 165 Å². The number of carbonyl (C=O) groups is 2. The van der Waals surface area contributed by atoms with Crippen molar-refractivity contribution in [3.05, 3.63) is 53.7 Å². The van der Waals surface area contributed by atoms with Gasteiger partial charge in [0.25, 0.3) is 0 Å². The summed E-state index contributed by atoms with van der Waals surface area (Å²) < 4.78 is 5.01. The van der Waals surface area contributed by atoms with Gasteiger partial charge in [0, 0.05) is 12.6 Å². The second kappa shape index (κ2) is 10.3. The van der Waals surface area contributed by atoms with Crippen LogP contribution in [0.5, 0.6) is 5.88 Å². The molecule has 0 saturated heterocycles. The van der Waals surface area contributed by atoms with Gasteiger partial charge in [0.1, 0.15) is 6.04 Å². The summed E-state index contributed by atoms with van der Waals surface area (Å²) in [7, 11) is 1.53. The largest absolute Gasteiger partial charge is 0.481 e. The Hall–Kier alpha value is -3.09.